The van der Waals surface area contributed by atoms with Crippen LogP contribution < -0.4 is 11.1 Å². The third kappa shape index (κ3) is 5.14. The molecule has 0 aliphatic heterocycles. The Kier molecular flexibility index (Phi) is 6.03. The van der Waals surface area contributed by atoms with Gasteiger partial charge in [-0.15, -0.1) is 0 Å². The Bertz CT molecular complexity index is 422. The number of benzene rings is 1. The van der Waals surface area contributed by atoms with Crippen LogP contribution in [-0.4, -0.2) is 32.1 Å². The van der Waals surface area contributed by atoms with E-state index in [2.05, 4.69) is 70.2 Å². The molecule has 0 saturated carbocycles. The Hall–Kier alpha value is -1.06. The minimum atomic E-state index is -0.285. The smallest absolute Gasteiger partial charge is 0.0394 e. The van der Waals surface area contributed by atoms with E-state index in [1.807, 2.05) is 0 Å². The molecule has 1 atom stereocenters. The van der Waals surface area contributed by atoms with E-state index in [1.165, 1.54) is 16.8 Å². The van der Waals surface area contributed by atoms with E-state index < -0.39 is 0 Å². The largest absolute Gasteiger partial charge is 0.385 e. The van der Waals surface area contributed by atoms with Gasteiger partial charge < -0.3 is 16.0 Å². The lowest BCUT2D eigenvalue weighted by Crippen LogP contribution is -2.36. The van der Waals surface area contributed by atoms with Gasteiger partial charge in [-0.05, 0) is 64.0 Å². The highest BCUT2D eigenvalue weighted by Crippen LogP contribution is 2.26. The number of hydrogen-bond donors (Lipinski definition) is 2. The quantitative estimate of drug-likeness (QED) is 0.804. The zero-order valence-corrected chi connectivity index (χ0v) is 14.0. The highest BCUT2D eigenvalue weighted by Gasteiger charge is 2.21. The van der Waals surface area contributed by atoms with Crippen molar-refractivity contribution in [3.63, 3.8) is 0 Å². The van der Waals surface area contributed by atoms with Crippen LogP contribution in [0, 0.1) is 12.8 Å². The van der Waals surface area contributed by atoms with Crippen molar-refractivity contribution in [2.75, 3.05) is 32.5 Å². The Balaban J connectivity index is 2.87. The highest BCUT2D eigenvalue weighted by atomic mass is 15.1. The number of anilines is 1. The molecule has 0 fully saturated rings. The first kappa shape index (κ1) is 17.0. The summed E-state index contributed by atoms with van der Waals surface area (Å²) in [6.07, 6.45) is 0.951. The van der Waals surface area contributed by atoms with Gasteiger partial charge in [-0.3, -0.25) is 0 Å². The lowest BCUT2D eigenvalue weighted by atomic mass is 9.88. The molecule has 0 spiro atoms. The number of rotatable bonds is 7. The molecular weight excluding hydrogens is 246 g/mol. The zero-order valence-electron chi connectivity index (χ0n) is 14.0. The molecule has 0 amide bonds. The predicted molar refractivity (Wildman–Crippen MR) is 89.2 cm³/mol. The van der Waals surface area contributed by atoms with E-state index in [4.69, 9.17) is 5.73 Å². The van der Waals surface area contributed by atoms with Gasteiger partial charge in [-0.2, -0.15) is 0 Å². The summed E-state index contributed by atoms with van der Waals surface area (Å²) in [7, 11) is 4.17. The van der Waals surface area contributed by atoms with E-state index in [1.54, 1.807) is 0 Å². The SMILES string of the molecule is Cc1ccc(C(C)(N)CCN(C)C)cc1NCC(C)C. The van der Waals surface area contributed by atoms with E-state index in [0.29, 0.717) is 5.92 Å². The second-order valence-electron chi connectivity index (χ2n) is 6.78. The van der Waals surface area contributed by atoms with Gasteiger partial charge in [0.05, 0.1) is 0 Å². The first-order chi connectivity index (χ1) is 9.22. The summed E-state index contributed by atoms with van der Waals surface area (Å²) < 4.78 is 0. The highest BCUT2D eigenvalue weighted by molar-refractivity contribution is 5.53. The van der Waals surface area contributed by atoms with Gasteiger partial charge in [0.15, 0.2) is 0 Å². The molecule has 1 rings (SSSR count). The maximum absolute atomic E-state index is 6.51. The van der Waals surface area contributed by atoms with Gasteiger partial charge in [0.1, 0.15) is 0 Å². The number of nitrogens with one attached hydrogen (secondary N) is 1. The summed E-state index contributed by atoms with van der Waals surface area (Å²) in [5, 5.41) is 3.52. The summed E-state index contributed by atoms with van der Waals surface area (Å²) in [4.78, 5) is 2.18. The fourth-order valence-electron chi connectivity index (χ4n) is 2.08. The van der Waals surface area contributed by atoms with E-state index in [9.17, 15) is 0 Å². The van der Waals surface area contributed by atoms with E-state index in [0.717, 1.165) is 19.5 Å². The standard InChI is InChI=1S/C17H31N3/c1-13(2)12-19-16-11-15(8-7-14(16)3)17(4,18)9-10-20(5)6/h7-8,11,13,19H,9-10,12,18H2,1-6H3. The minimum Gasteiger partial charge on any atom is -0.385 e. The molecule has 0 heterocycles. The average Bonchev–Trinajstić information content (AvgIpc) is 2.35. The molecule has 0 aromatic heterocycles. The second-order valence-corrected chi connectivity index (χ2v) is 6.78. The molecule has 1 aromatic rings. The summed E-state index contributed by atoms with van der Waals surface area (Å²) in [5.41, 5.74) is 9.91. The maximum Gasteiger partial charge on any atom is 0.0394 e. The minimum absolute atomic E-state index is 0.285. The van der Waals surface area contributed by atoms with Crippen molar-refractivity contribution < 1.29 is 0 Å². The number of hydrogen-bond acceptors (Lipinski definition) is 3. The van der Waals surface area contributed by atoms with Crippen molar-refractivity contribution in [3.8, 4) is 0 Å². The van der Waals surface area contributed by atoms with Crippen LogP contribution in [0.25, 0.3) is 0 Å². The number of aryl methyl sites for hydroxylation is 1. The predicted octanol–water partition coefficient (Wildman–Crippen LogP) is 3.19. The van der Waals surface area contributed by atoms with Gasteiger partial charge in [0.2, 0.25) is 0 Å². The van der Waals surface area contributed by atoms with Gasteiger partial charge in [-0.1, -0.05) is 26.0 Å². The Labute approximate surface area is 124 Å². The topological polar surface area (TPSA) is 41.3 Å². The molecule has 0 radical (unpaired) electrons. The molecule has 0 aliphatic carbocycles. The molecule has 114 valence electrons. The van der Waals surface area contributed by atoms with Gasteiger partial charge >= 0.3 is 0 Å². The molecule has 0 bridgehead atoms. The van der Waals surface area contributed by atoms with Crippen molar-refractivity contribution in [1.29, 1.82) is 0 Å². The van der Waals surface area contributed by atoms with Gasteiger partial charge in [-0.25, -0.2) is 0 Å². The summed E-state index contributed by atoms with van der Waals surface area (Å²) >= 11 is 0. The van der Waals surface area contributed by atoms with Crippen LogP contribution in [0.1, 0.15) is 38.3 Å². The number of nitrogens with zero attached hydrogens (tertiary/aromatic N) is 1. The zero-order chi connectivity index (χ0) is 15.3. The van der Waals surface area contributed by atoms with Crippen LogP contribution in [-0.2, 0) is 5.54 Å². The fourth-order valence-corrected chi connectivity index (χ4v) is 2.08. The Morgan fingerprint density at radius 1 is 1.30 bits per heavy atom. The van der Waals surface area contributed by atoms with Crippen LogP contribution in [0.4, 0.5) is 5.69 Å². The van der Waals surface area contributed by atoms with Crippen LogP contribution in [0.3, 0.4) is 0 Å². The lowest BCUT2D eigenvalue weighted by molar-refractivity contribution is 0.333. The summed E-state index contributed by atoms with van der Waals surface area (Å²) in [6, 6.07) is 6.54. The second kappa shape index (κ2) is 7.09. The van der Waals surface area contributed by atoms with Crippen LogP contribution in [0.5, 0.6) is 0 Å². The molecular formula is C17H31N3. The molecule has 1 aromatic carbocycles. The van der Waals surface area contributed by atoms with E-state index in [-0.39, 0.29) is 5.54 Å². The summed E-state index contributed by atoms with van der Waals surface area (Å²) in [6.45, 7) is 10.7. The Morgan fingerprint density at radius 2 is 1.95 bits per heavy atom. The molecule has 3 N–H and O–H groups in total. The van der Waals surface area contributed by atoms with Crippen molar-refractivity contribution in [2.24, 2.45) is 11.7 Å². The number of nitrogens with two attached hydrogens (primary N) is 1. The average molecular weight is 277 g/mol. The third-order valence-electron chi connectivity index (χ3n) is 3.68. The van der Waals surface area contributed by atoms with Crippen LogP contribution >= 0.6 is 0 Å². The van der Waals surface area contributed by atoms with Gasteiger partial charge in [0, 0.05) is 17.8 Å². The normalized spacial score (nSPS) is 14.7. The lowest BCUT2D eigenvalue weighted by Gasteiger charge is -2.28. The molecule has 0 aliphatic rings. The molecule has 0 saturated heterocycles. The summed E-state index contributed by atoms with van der Waals surface area (Å²) in [5.74, 6) is 0.635. The maximum atomic E-state index is 6.51. The molecule has 3 heteroatoms. The van der Waals surface area contributed by atoms with Crippen molar-refractivity contribution in [1.82, 2.24) is 4.90 Å². The first-order valence-electron chi connectivity index (χ1n) is 7.51. The molecule has 20 heavy (non-hydrogen) atoms. The van der Waals surface area contributed by atoms with Crippen molar-refractivity contribution in [3.05, 3.63) is 29.3 Å². The molecule has 3 nitrogen and oxygen atoms in total. The fraction of sp³-hybridized carbons (Fsp3) is 0.647. The van der Waals surface area contributed by atoms with Crippen molar-refractivity contribution in [2.45, 2.75) is 39.7 Å². The monoisotopic (exact) mass is 277 g/mol. The van der Waals surface area contributed by atoms with Gasteiger partial charge in [0.25, 0.3) is 0 Å². The van der Waals surface area contributed by atoms with Crippen LogP contribution in [0.2, 0.25) is 0 Å². The van der Waals surface area contributed by atoms with E-state index >= 15 is 0 Å². The van der Waals surface area contributed by atoms with Crippen LogP contribution in [0.15, 0.2) is 18.2 Å². The van der Waals surface area contributed by atoms with Crippen molar-refractivity contribution >= 4 is 5.69 Å². The Morgan fingerprint density at radius 3 is 2.50 bits per heavy atom. The third-order valence-corrected chi connectivity index (χ3v) is 3.68. The molecule has 1 unspecified atom stereocenters. The first-order valence-corrected chi connectivity index (χ1v) is 7.51.